The lowest BCUT2D eigenvalue weighted by molar-refractivity contribution is -0.144. The molecule has 0 aromatic carbocycles. The molecule has 1 saturated heterocycles. The van der Waals surface area contributed by atoms with Crippen LogP contribution in [-0.2, 0) is 4.79 Å². The maximum absolute atomic E-state index is 12.6. The van der Waals surface area contributed by atoms with Crippen LogP contribution in [0.4, 0.5) is 0 Å². The van der Waals surface area contributed by atoms with E-state index in [9.17, 15) is 10.1 Å². The molecule has 1 heterocycles. The second-order valence-electron chi connectivity index (χ2n) is 5.26. The highest BCUT2D eigenvalue weighted by atomic mass is 16.2. The van der Waals surface area contributed by atoms with E-state index in [2.05, 4.69) is 19.9 Å². The molecule has 3 nitrogen and oxygen atoms in total. The van der Waals surface area contributed by atoms with Crippen molar-refractivity contribution in [3.63, 3.8) is 0 Å². The van der Waals surface area contributed by atoms with Crippen molar-refractivity contribution in [2.24, 2.45) is 11.3 Å². The Balaban J connectivity index is 2.92. The van der Waals surface area contributed by atoms with Crippen molar-refractivity contribution in [2.45, 2.75) is 59.4 Å². The van der Waals surface area contributed by atoms with Gasteiger partial charge in [-0.1, -0.05) is 20.8 Å². The average Bonchev–Trinajstić information content (AvgIpc) is 2.35. The normalized spacial score (nSPS) is 25.5. The Bertz CT molecular complexity index is 315. The largest absolute Gasteiger partial charge is 0.338 e. The molecule has 0 aliphatic carbocycles. The molecule has 0 saturated carbocycles. The lowest BCUT2D eigenvalue weighted by Crippen LogP contribution is -2.51. The van der Waals surface area contributed by atoms with Crippen molar-refractivity contribution in [1.82, 2.24) is 4.90 Å². The van der Waals surface area contributed by atoms with E-state index in [1.54, 1.807) is 0 Å². The molecule has 0 spiro atoms. The van der Waals surface area contributed by atoms with Gasteiger partial charge in [-0.05, 0) is 38.5 Å². The van der Waals surface area contributed by atoms with Gasteiger partial charge in [0, 0.05) is 12.6 Å². The predicted octanol–water partition coefficient (Wildman–Crippen LogP) is 2.96. The summed E-state index contributed by atoms with van der Waals surface area (Å²) in [6.45, 7) is 8.98. The van der Waals surface area contributed by atoms with Crippen molar-refractivity contribution in [3.05, 3.63) is 0 Å². The van der Waals surface area contributed by atoms with Gasteiger partial charge in [-0.15, -0.1) is 0 Å². The van der Waals surface area contributed by atoms with Gasteiger partial charge in [0.1, 0.15) is 5.41 Å². The number of carbonyl (C=O) groups excluding carboxylic acids is 1. The molecule has 1 fully saturated rings. The minimum atomic E-state index is -0.800. The van der Waals surface area contributed by atoms with Crippen LogP contribution in [0, 0.1) is 22.7 Å². The number of hydrogen-bond donors (Lipinski definition) is 0. The highest BCUT2D eigenvalue weighted by Gasteiger charge is 2.41. The van der Waals surface area contributed by atoms with Gasteiger partial charge in [0.15, 0.2) is 0 Å². The fourth-order valence-corrected chi connectivity index (χ4v) is 2.66. The topological polar surface area (TPSA) is 44.1 Å². The summed E-state index contributed by atoms with van der Waals surface area (Å²) in [6.07, 6.45) is 3.46. The summed E-state index contributed by atoms with van der Waals surface area (Å²) in [4.78, 5) is 14.5. The Kier molecular flexibility index (Phi) is 4.56. The Morgan fingerprint density at radius 2 is 2.00 bits per heavy atom. The lowest BCUT2D eigenvalue weighted by atomic mass is 9.80. The molecule has 17 heavy (non-hydrogen) atoms. The standard InChI is InChI=1S/C14H24N2O/c1-5-14(6-2,10-15)13(17)16-9-7-8-11(3)12(16)4/h11-12H,5-9H2,1-4H3. The van der Waals surface area contributed by atoms with E-state index < -0.39 is 5.41 Å². The number of hydrogen-bond acceptors (Lipinski definition) is 2. The van der Waals surface area contributed by atoms with E-state index in [1.165, 1.54) is 6.42 Å². The summed E-state index contributed by atoms with van der Waals surface area (Å²) >= 11 is 0. The van der Waals surface area contributed by atoms with E-state index in [1.807, 2.05) is 18.7 Å². The number of rotatable bonds is 3. The maximum atomic E-state index is 12.6. The number of nitriles is 1. The van der Waals surface area contributed by atoms with Gasteiger partial charge in [-0.25, -0.2) is 0 Å². The summed E-state index contributed by atoms with van der Waals surface area (Å²) in [5.41, 5.74) is -0.800. The zero-order valence-corrected chi connectivity index (χ0v) is 11.5. The maximum Gasteiger partial charge on any atom is 0.243 e. The molecule has 2 atom stereocenters. The van der Waals surface area contributed by atoms with Crippen LogP contribution in [0.25, 0.3) is 0 Å². The quantitative estimate of drug-likeness (QED) is 0.756. The SMILES string of the molecule is CCC(C#N)(CC)C(=O)N1CCCC(C)C1C. The molecule has 1 aliphatic heterocycles. The van der Waals surface area contributed by atoms with Crippen LogP contribution in [0.2, 0.25) is 0 Å². The van der Waals surface area contributed by atoms with Crippen LogP contribution in [0.3, 0.4) is 0 Å². The van der Waals surface area contributed by atoms with Crippen LogP contribution >= 0.6 is 0 Å². The monoisotopic (exact) mass is 236 g/mol. The molecule has 0 bridgehead atoms. The highest BCUT2D eigenvalue weighted by Crippen LogP contribution is 2.32. The van der Waals surface area contributed by atoms with Crippen molar-refractivity contribution in [3.8, 4) is 6.07 Å². The number of amides is 1. The first-order valence-corrected chi connectivity index (χ1v) is 6.74. The smallest absolute Gasteiger partial charge is 0.243 e. The Hall–Kier alpha value is -1.04. The second kappa shape index (κ2) is 5.53. The predicted molar refractivity (Wildman–Crippen MR) is 68.2 cm³/mol. The van der Waals surface area contributed by atoms with Gasteiger partial charge in [0.05, 0.1) is 6.07 Å². The van der Waals surface area contributed by atoms with E-state index in [4.69, 9.17) is 0 Å². The van der Waals surface area contributed by atoms with Gasteiger partial charge < -0.3 is 4.90 Å². The zero-order chi connectivity index (χ0) is 13.1. The summed E-state index contributed by atoms with van der Waals surface area (Å²) in [5.74, 6) is 0.585. The minimum absolute atomic E-state index is 0.0454. The number of nitrogens with zero attached hydrogens (tertiary/aromatic N) is 2. The second-order valence-corrected chi connectivity index (χ2v) is 5.26. The number of likely N-dealkylation sites (tertiary alicyclic amines) is 1. The van der Waals surface area contributed by atoms with E-state index in [-0.39, 0.29) is 11.9 Å². The zero-order valence-electron chi connectivity index (χ0n) is 11.5. The van der Waals surface area contributed by atoms with Crippen LogP contribution < -0.4 is 0 Å². The van der Waals surface area contributed by atoms with E-state index >= 15 is 0 Å². The fraction of sp³-hybridized carbons (Fsp3) is 0.857. The Morgan fingerprint density at radius 1 is 1.41 bits per heavy atom. The van der Waals surface area contributed by atoms with Crippen molar-refractivity contribution in [1.29, 1.82) is 5.26 Å². The molecular weight excluding hydrogens is 212 g/mol. The first-order valence-electron chi connectivity index (χ1n) is 6.74. The lowest BCUT2D eigenvalue weighted by Gasteiger charge is -2.41. The van der Waals surface area contributed by atoms with Gasteiger partial charge in [-0.2, -0.15) is 5.26 Å². The molecule has 1 rings (SSSR count). The molecule has 0 aromatic heterocycles. The first kappa shape index (κ1) is 14.0. The first-order chi connectivity index (χ1) is 8.02. The highest BCUT2D eigenvalue weighted by molar-refractivity contribution is 5.85. The molecular formula is C14H24N2O. The molecule has 0 aromatic rings. The minimum Gasteiger partial charge on any atom is -0.338 e. The van der Waals surface area contributed by atoms with Crippen LogP contribution in [0.1, 0.15) is 53.4 Å². The Morgan fingerprint density at radius 3 is 2.47 bits per heavy atom. The average molecular weight is 236 g/mol. The van der Waals surface area contributed by atoms with Crippen molar-refractivity contribution >= 4 is 5.91 Å². The molecule has 2 unspecified atom stereocenters. The van der Waals surface area contributed by atoms with Gasteiger partial charge in [0.25, 0.3) is 0 Å². The van der Waals surface area contributed by atoms with Gasteiger partial charge >= 0.3 is 0 Å². The van der Waals surface area contributed by atoms with Crippen molar-refractivity contribution < 1.29 is 4.79 Å². The summed E-state index contributed by atoms with van der Waals surface area (Å²) < 4.78 is 0. The molecule has 0 radical (unpaired) electrons. The van der Waals surface area contributed by atoms with Gasteiger partial charge in [-0.3, -0.25) is 4.79 Å². The third-order valence-electron chi connectivity index (χ3n) is 4.46. The van der Waals surface area contributed by atoms with E-state index in [0.29, 0.717) is 18.8 Å². The van der Waals surface area contributed by atoms with Crippen LogP contribution in [0.15, 0.2) is 0 Å². The molecule has 0 N–H and O–H groups in total. The Labute approximate surface area is 105 Å². The van der Waals surface area contributed by atoms with Crippen LogP contribution in [-0.4, -0.2) is 23.4 Å². The number of piperidine rings is 1. The summed E-state index contributed by atoms with van der Waals surface area (Å²) in [6, 6.07) is 2.52. The third-order valence-corrected chi connectivity index (χ3v) is 4.46. The van der Waals surface area contributed by atoms with Crippen LogP contribution in [0.5, 0.6) is 0 Å². The third kappa shape index (κ3) is 2.46. The van der Waals surface area contributed by atoms with E-state index in [0.717, 1.165) is 13.0 Å². The fourth-order valence-electron chi connectivity index (χ4n) is 2.66. The summed E-state index contributed by atoms with van der Waals surface area (Å²) in [5, 5.41) is 9.33. The number of carbonyl (C=O) groups is 1. The molecule has 96 valence electrons. The molecule has 1 amide bonds. The molecule has 3 heteroatoms. The molecule has 1 aliphatic rings. The van der Waals surface area contributed by atoms with Crippen molar-refractivity contribution in [2.75, 3.05) is 6.54 Å². The summed E-state index contributed by atoms with van der Waals surface area (Å²) in [7, 11) is 0. The van der Waals surface area contributed by atoms with Gasteiger partial charge in [0.2, 0.25) is 5.91 Å².